The Labute approximate surface area is 206 Å². The van der Waals surface area contributed by atoms with Crippen LogP contribution in [0.1, 0.15) is 12.5 Å². The second-order valence-corrected chi connectivity index (χ2v) is 9.50. The summed E-state index contributed by atoms with van der Waals surface area (Å²) in [5.41, 5.74) is 3.35. The minimum atomic E-state index is -0.436. The van der Waals surface area contributed by atoms with Gasteiger partial charge in [0.25, 0.3) is 0 Å². The van der Waals surface area contributed by atoms with Crippen LogP contribution in [0.25, 0.3) is 17.1 Å². The summed E-state index contributed by atoms with van der Waals surface area (Å²) >= 11 is 7.43. The topological polar surface area (TPSA) is 78.3 Å². The number of aromatic nitrogens is 3. The van der Waals surface area contributed by atoms with Crippen LogP contribution in [-0.2, 0) is 4.79 Å². The van der Waals surface area contributed by atoms with Crippen molar-refractivity contribution >= 4 is 35.0 Å². The van der Waals surface area contributed by atoms with E-state index in [0.29, 0.717) is 33.2 Å². The maximum atomic E-state index is 13.0. The van der Waals surface area contributed by atoms with Gasteiger partial charge in [0.1, 0.15) is 0 Å². The van der Waals surface area contributed by atoms with Gasteiger partial charge in [0.05, 0.1) is 5.25 Å². The van der Waals surface area contributed by atoms with Gasteiger partial charge >= 0.3 is 0 Å². The maximum absolute atomic E-state index is 13.0. The van der Waals surface area contributed by atoms with Crippen LogP contribution in [-0.4, -0.2) is 32.7 Å². The number of anilines is 1. The first kappa shape index (κ1) is 22.3. The number of carbonyl (C=O) groups excluding carboxylic acids is 1. The van der Waals surface area contributed by atoms with Gasteiger partial charge in [-0.2, -0.15) is 0 Å². The minimum absolute atomic E-state index is 0.150. The molecule has 2 heterocycles. The van der Waals surface area contributed by atoms with Crippen LogP contribution in [0.4, 0.5) is 5.69 Å². The van der Waals surface area contributed by atoms with E-state index in [4.69, 9.17) is 21.1 Å². The molecule has 0 saturated heterocycles. The third kappa shape index (κ3) is 4.47. The van der Waals surface area contributed by atoms with E-state index in [1.807, 2.05) is 73.0 Å². The number of aryl methyl sites for hydroxylation is 1. The molecule has 0 radical (unpaired) electrons. The van der Waals surface area contributed by atoms with Crippen molar-refractivity contribution in [3.63, 3.8) is 0 Å². The summed E-state index contributed by atoms with van der Waals surface area (Å²) in [5, 5.41) is 12.6. The molecule has 1 amide bonds. The van der Waals surface area contributed by atoms with E-state index in [0.717, 1.165) is 16.8 Å². The molecule has 1 atom stereocenters. The van der Waals surface area contributed by atoms with Crippen molar-refractivity contribution in [2.75, 3.05) is 12.1 Å². The Morgan fingerprint density at radius 3 is 2.68 bits per heavy atom. The number of thioether (sulfide) groups is 1. The summed E-state index contributed by atoms with van der Waals surface area (Å²) in [6.07, 6.45) is 0. The van der Waals surface area contributed by atoms with Crippen LogP contribution in [0, 0.1) is 6.92 Å². The van der Waals surface area contributed by atoms with Gasteiger partial charge in [-0.3, -0.25) is 9.36 Å². The molecule has 7 nitrogen and oxygen atoms in total. The molecule has 34 heavy (non-hydrogen) atoms. The van der Waals surface area contributed by atoms with Crippen LogP contribution >= 0.6 is 23.4 Å². The molecule has 9 heteroatoms. The van der Waals surface area contributed by atoms with Crippen molar-refractivity contribution in [3.8, 4) is 28.6 Å². The number of amides is 1. The molecule has 5 rings (SSSR count). The summed E-state index contributed by atoms with van der Waals surface area (Å²) in [4.78, 5) is 13.0. The van der Waals surface area contributed by atoms with E-state index in [-0.39, 0.29) is 12.7 Å². The molecule has 1 N–H and O–H groups in total. The number of hydrogen-bond donors (Lipinski definition) is 1. The van der Waals surface area contributed by atoms with Gasteiger partial charge in [0, 0.05) is 22.0 Å². The third-order valence-electron chi connectivity index (χ3n) is 5.39. The SMILES string of the molecule is Cc1ccc(Cl)cc1NC(=O)[C@H](C)Sc1nnc(-c2ccc3c(c2)OCO3)n1-c1ccccc1. The summed E-state index contributed by atoms with van der Waals surface area (Å²) < 4.78 is 12.9. The highest BCUT2D eigenvalue weighted by molar-refractivity contribution is 8.00. The van der Waals surface area contributed by atoms with Gasteiger partial charge in [-0.05, 0) is 61.9 Å². The van der Waals surface area contributed by atoms with Crippen LogP contribution in [0.3, 0.4) is 0 Å². The number of carbonyl (C=O) groups is 1. The fourth-order valence-corrected chi connectivity index (χ4v) is 4.59. The fourth-order valence-electron chi connectivity index (χ4n) is 3.55. The number of nitrogens with one attached hydrogen (secondary N) is 1. The second kappa shape index (κ2) is 9.40. The summed E-state index contributed by atoms with van der Waals surface area (Å²) in [6, 6.07) is 20.9. The lowest BCUT2D eigenvalue weighted by Gasteiger charge is -2.15. The molecular weight excluding hydrogens is 472 g/mol. The predicted octanol–water partition coefficient (Wildman–Crippen LogP) is 5.74. The largest absolute Gasteiger partial charge is 0.454 e. The maximum Gasteiger partial charge on any atom is 0.237 e. The molecule has 0 bridgehead atoms. The molecule has 0 aliphatic carbocycles. The summed E-state index contributed by atoms with van der Waals surface area (Å²) in [6.45, 7) is 3.96. The van der Waals surface area contributed by atoms with Crippen LogP contribution in [0.2, 0.25) is 5.02 Å². The van der Waals surface area contributed by atoms with E-state index in [9.17, 15) is 4.79 Å². The molecule has 1 aliphatic heterocycles. The van der Waals surface area contributed by atoms with E-state index >= 15 is 0 Å². The van der Waals surface area contributed by atoms with E-state index in [1.54, 1.807) is 12.1 Å². The number of halogens is 1. The Morgan fingerprint density at radius 1 is 1.06 bits per heavy atom. The highest BCUT2D eigenvalue weighted by Crippen LogP contribution is 2.37. The first-order valence-corrected chi connectivity index (χ1v) is 11.9. The number of ether oxygens (including phenoxy) is 2. The number of benzene rings is 3. The van der Waals surface area contributed by atoms with Crippen LogP contribution in [0.5, 0.6) is 11.5 Å². The summed E-state index contributed by atoms with van der Waals surface area (Å²) in [7, 11) is 0. The first-order valence-electron chi connectivity index (χ1n) is 10.6. The highest BCUT2D eigenvalue weighted by Gasteiger charge is 2.23. The molecule has 3 aromatic carbocycles. The van der Waals surface area contributed by atoms with Crippen molar-refractivity contribution in [3.05, 3.63) is 77.3 Å². The van der Waals surface area contributed by atoms with Gasteiger partial charge in [0.2, 0.25) is 12.7 Å². The standard InChI is InChI=1S/C25H21ClN4O3S/c1-15-8-10-18(26)13-20(15)27-24(31)16(2)34-25-29-28-23(30(25)19-6-4-3-5-7-19)17-9-11-21-22(12-17)33-14-32-21/h3-13,16H,14H2,1-2H3,(H,27,31)/t16-/m0/s1. The number of para-hydroxylation sites is 1. The Hall–Kier alpha value is -3.49. The van der Waals surface area contributed by atoms with Crippen LogP contribution < -0.4 is 14.8 Å². The second-order valence-electron chi connectivity index (χ2n) is 7.75. The quantitative estimate of drug-likeness (QED) is 0.345. The van der Waals surface area contributed by atoms with Gasteiger partial charge in [-0.25, -0.2) is 0 Å². The molecule has 1 aliphatic rings. The average molecular weight is 493 g/mol. The number of hydrogen-bond acceptors (Lipinski definition) is 6. The van der Waals surface area contributed by atoms with Crippen molar-refractivity contribution in [1.82, 2.24) is 14.8 Å². The lowest BCUT2D eigenvalue weighted by molar-refractivity contribution is -0.115. The Balaban J connectivity index is 1.46. The van der Waals surface area contributed by atoms with Gasteiger partial charge < -0.3 is 14.8 Å². The lowest BCUT2D eigenvalue weighted by atomic mass is 10.2. The molecule has 0 saturated carbocycles. The Bertz CT molecular complexity index is 1360. The summed E-state index contributed by atoms with van der Waals surface area (Å²) in [5.74, 6) is 1.86. The van der Waals surface area contributed by atoms with E-state index in [2.05, 4.69) is 15.5 Å². The van der Waals surface area contributed by atoms with Crippen molar-refractivity contribution < 1.29 is 14.3 Å². The van der Waals surface area contributed by atoms with Crippen molar-refractivity contribution in [2.24, 2.45) is 0 Å². The molecule has 0 unspecified atom stereocenters. The fraction of sp³-hybridized carbons (Fsp3) is 0.160. The van der Waals surface area contributed by atoms with Crippen molar-refractivity contribution in [2.45, 2.75) is 24.3 Å². The Morgan fingerprint density at radius 2 is 1.85 bits per heavy atom. The zero-order chi connectivity index (χ0) is 23.7. The zero-order valence-electron chi connectivity index (χ0n) is 18.5. The normalized spacial score (nSPS) is 13.0. The lowest BCUT2D eigenvalue weighted by Crippen LogP contribution is -2.23. The smallest absolute Gasteiger partial charge is 0.237 e. The zero-order valence-corrected chi connectivity index (χ0v) is 20.1. The predicted molar refractivity (Wildman–Crippen MR) is 133 cm³/mol. The van der Waals surface area contributed by atoms with Crippen LogP contribution in [0.15, 0.2) is 71.9 Å². The molecule has 1 aromatic heterocycles. The number of rotatable bonds is 6. The average Bonchev–Trinajstić information content (AvgIpc) is 3.48. The van der Waals surface area contributed by atoms with E-state index in [1.165, 1.54) is 11.8 Å². The van der Waals surface area contributed by atoms with Gasteiger partial charge in [0.15, 0.2) is 22.5 Å². The molecule has 4 aromatic rings. The molecular formula is C25H21ClN4O3S. The molecule has 0 fully saturated rings. The van der Waals surface area contributed by atoms with Gasteiger partial charge in [-0.15, -0.1) is 10.2 Å². The molecule has 172 valence electrons. The number of nitrogens with zero attached hydrogens (tertiary/aromatic N) is 3. The first-order chi connectivity index (χ1) is 16.5. The van der Waals surface area contributed by atoms with Crippen molar-refractivity contribution in [1.29, 1.82) is 0 Å². The number of fused-ring (bicyclic) bond motifs is 1. The van der Waals surface area contributed by atoms with Gasteiger partial charge in [-0.1, -0.05) is 47.6 Å². The minimum Gasteiger partial charge on any atom is -0.454 e. The Kier molecular flexibility index (Phi) is 6.17. The third-order valence-corrected chi connectivity index (χ3v) is 6.67. The molecule has 0 spiro atoms. The monoisotopic (exact) mass is 492 g/mol. The van der Waals surface area contributed by atoms with E-state index < -0.39 is 5.25 Å². The highest BCUT2D eigenvalue weighted by atomic mass is 35.5.